The van der Waals surface area contributed by atoms with Gasteiger partial charge in [-0.15, -0.1) is 0 Å². The molecule has 0 aliphatic rings. The van der Waals surface area contributed by atoms with Crippen LogP contribution in [-0.4, -0.2) is 24.5 Å². The summed E-state index contributed by atoms with van der Waals surface area (Å²) in [4.78, 5) is 16.0. The van der Waals surface area contributed by atoms with Gasteiger partial charge in [0.05, 0.1) is 12.8 Å². The molecule has 0 bridgehead atoms. The lowest BCUT2D eigenvalue weighted by atomic mass is 10.1. The van der Waals surface area contributed by atoms with Crippen LogP contribution in [0.5, 0.6) is 5.75 Å². The minimum absolute atomic E-state index is 0.238. The standard InChI is InChI=1S/C15H18N2O3/c1-10-14(20-11(2)17-10)15(18)16-9-8-12-6-4-5-7-13(12)19-3/h4-7H,8-9H2,1-3H3,(H,16,18). The van der Waals surface area contributed by atoms with Gasteiger partial charge < -0.3 is 14.5 Å². The first kappa shape index (κ1) is 14.1. The molecule has 1 aromatic heterocycles. The van der Waals surface area contributed by atoms with Crippen LogP contribution >= 0.6 is 0 Å². The van der Waals surface area contributed by atoms with Crippen molar-refractivity contribution < 1.29 is 13.9 Å². The Morgan fingerprint density at radius 3 is 2.75 bits per heavy atom. The van der Waals surface area contributed by atoms with Crippen LogP contribution in [0.3, 0.4) is 0 Å². The van der Waals surface area contributed by atoms with E-state index >= 15 is 0 Å². The molecule has 1 heterocycles. The molecule has 0 spiro atoms. The van der Waals surface area contributed by atoms with Gasteiger partial charge in [0, 0.05) is 13.5 Å². The molecule has 5 heteroatoms. The van der Waals surface area contributed by atoms with E-state index in [2.05, 4.69) is 10.3 Å². The van der Waals surface area contributed by atoms with Crippen molar-refractivity contribution in [1.29, 1.82) is 0 Å². The molecular weight excluding hydrogens is 256 g/mol. The van der Waals surface area contributed by atoms with Gasteiger partial charge in [-0.25, -0.2) is 4.98 Å². The summed E-state index contributed by atoms with van der Waals surface area (Å²) in [7, 11) is 1.64. The first-order valence-corrected chi connectivity index (χ1v) is 6.46. The Balaban J connectivity index is 1.93. The second-order valence-electron chi connectivity index (χ2n) is 4.47. The molecule has 0 saturated carbocycles. The lowest BCUT2D eigenvalue weighted by Crippen LogP contribution is -2.26. The highest BCUT2D eigenvalue weighted by atomic mass is 16.5. The zero-order valence-electron chi connectivity index (χ0n) is 11.9. The van der Waals surface area contributed by atoms with Crippen molar-refractivity contribution in [3.8, 4) is 5.75 Å². The highest BCUT2D eigenvalue weighted by Gasteiger charge is 2.15. The molecule has 0 atom stereocenters. The summed E-state index contributed by atoms with van der Waals surface area (Å²) in [6.45, 7) is 3.99. The van der Waals surface area contributed by atoms with Crippen LogP contribution in [0.4, 0.5) is 0 Å². The van der Waals surface area contributed by atoms with E-state index in [1.165, 1.54) is 0 Å². The molecule has 0 unspecified atom stereocenters. The number of benzene rings is 1. The maximum absolute atomic E-state index is 11.9. The van der Waals surface area contributed by atoms with Crippen LogP contribution in [0.2, 0.25) is 0 Å². The van der Waals surface area contributed by atoms with Crippen molar-refractivity contribution in [2.45, 2.75) is 20.3 Å². The summed E-state index contributed by atoms with van der Waals surface area (Å²) in [5.41, 5.74) is 1.66. The minimum atomic E-state index is -0.238. The van der Waals surface area contributed by atoms with E-state index in [0.717, 1.165) is 11.3 Å². The Labute approximate surface area is 118 Å². The SMILES string of the molecule is COc1ccccc1CCNC(=O)c1oc(C)nc1C. The molecule has 2 rings (SSSR count). The summed E-state index contributed by atoms with van der Waals surface area (Å²) >= 11 is 0. The smallest absolute Gasteiger partial charge is 0.289 e. The van der Waals surface area contributed by atoms with Crippen LogP contribution < -0.4 is 10.1 Å². The van der Waals surface area contributed by atoms with Crippen molar-refractivity contribution >= 4 is 5.91 Å². The van der Waals surface area contributed by atoms with Crippen molar-refractivity contribution in [2.24, 2.45) is 0 Å². The van der Waals surface area contributed by atoms with Crippen LogP contribution in [-0.2, 0) is 6.42 Å². The normalized spacial score (nSPS) is 10.3. The third-order valence-electron chi connectivity index (χ3n) is 2.98. The number of carbonyl (C=O) groups is 1. The third-order valence-corrected chi connectivity index (χ3v) is 2.98. The van der Waals surface area contributed by atoms with Gasteiger partial charge in [0.2, 0.25) is 5.76 Å². The molecule has 1 aromatic carbocycles. The number of hydrogen-bond acceptors (Lipinski definition) is 4. The average molecular weight is 274 g/mol. The third kappa shape index (κ3) is 3.17. The number of amides is 1. The van der Waals surface area contributed by atoms with E-state index in [0.29, 0.717) is 24.6 Å². The monoisotopic (exact) mass is 274 g/mol. The second kappa shape index (κ2) is 6.23. The average Bonchev–Trinajstić information content (AvgIpc) is 2.78. The molecule has 0 aliphatic carbocycles. The van der Waals surface area contributed by atoms with E-state index in [1.54, 1.807) is 21.0 Å². The number of nitrogens with zero attached hydrogens (tertiary/aromatic N) is 1. The molecule has 0 saturated heterocycles. The number of para-hydroxylation sites is 1. The molecule has 106 valence electrons. The molecule has 1 N–H and O–H groups in total. The van der Waals surface area contributed by atoms with E-state index in [1.807, 2.05) is 24.3 Å². The van der Waals surface area contributed by atoms with Gasteiger partial charge in [0.25, 0.3) is 5.91 Å². The molecule has 1 amide bonds. The maximum Gasteiger partial charge on any atom is 0.289 e. The lowest BCUT2D eigenvalue weighted by Gasteiger charge is -2.08. The van der Waals surface area contributed by atoms with Gasteiger partial charge in [-0.05, 0) is 25.0 Å². The fraction of sp³-hybridized carbons (Fsp3) is 0.333. The van der Waals surface area contributed by atoms with Crippen LogP contribution in [0, 0.1) is 13.8 Å². The summed E-state index contributed by atoms with van der Waals surface area (Å²) < 4.78 is 10.5. The van der Waals surface area contributed by atoms with Crippen molar-refractivity contribution in [3.63, 3.8) is 0 Å². The van der Waals surface area contributed by atoms with Gasteiger partial charge >= 0.3 is 0 Å². The lowest BCUT2D eigenvalue weighted by molar-refractivity contribution is 0.0924. The first-order chi connectivity index (χ1) is 9.61. The quantitative estimate of drug-likeness (QED) is 0.908. The molecule has 0 aliphatic heterocycles. The van der Waals surface area contributed by atoms with Crippen LogP contribution in [0.1, 0.15) is 27.7 Å². The number of ether oxygens (including phenoxy) is 1. The highest BCUT2D eigenvalue weighted by molar-refractivity contribution is 5.92. The Hall–Kier alpha value is -2.30. The zero-order valence-corrected chi connectivity index (χ0v) is 11.9. The van der Waals surface area contributed by atoms with Gasteiger partial charge in [-0.1, -0.05) is 18.2 Å². The van der Waals surface area contributed by atoms with Gasteiger partial charge in [0.1, 0.15) is 5.75 Å². The number of hydrogen-bond donors (Lipinski definition) is 1. The largest absolute Gasteiger partial charge is 0.496 e. The minimum Gasteiger partial charge on any atom is -0.496 e. The molecule has 2 aromatic rings. The first-order valence-electron chi connectivity index (χ1n) is 6.46. The number of aryl methyl sites for hydroxylation is 2. The van der Waals surface area contributed by atoms with Crippen LogP contribution in [0.25, 0.3) is 0 Å². The number of carbonyl (C=O) groups excluding carboxylic acids is 1. The summed E-state index contributed by atoms with van der Waals surface area (Å²) in [6, 6.07) is 7.75. The predicted molar refractivity (Wildman–Crippen MR) is 75.0 cm³/mol. The fourth-order valence-electron chi connectivity index (χ4n) is 2.04. The van der Waals surface area contributed by atoms with E-state index < -0.39 is 0 Å². The predicted octanol–water partition coefficient (Wildman–Crippen LogP) is 2.27. The maximum atomic E-state index is 11.9. The number of nitrogens with one attached hydrogen (secondary N) is 1. The number of aromatic nitrogens is 1. The Morgan fingerprint density at radius 1 is 1.35 bits per heavy atom. The number of methoxy groups -OCH3 is 1. The number of oxazole rings is 1. The number of rotatable bonds is 5. The highest BCUT2D eigenvalue weighted by Crippen LogP contribution is 2.17. The zero-order chi connectivity index (χ0) is 14.5. The van der Waals surface area contributed by atoms with Crippen molar-refractivity contribution in [3.05, 3.63) is 47.2 Å². The molecule has 0 radical (unpaired) electrons. The molecule has 0 fully saturated rings. The van der Waals surface area contributed by atoms with E-state index in [4.69, 9.17) is 9.15 Å². The van der Waals surface area contributed by atoms with Gasteiger partial charge in [-0.3, -0.25) is 4.79 Å². The van der Waals surface area contributed by atoms with Crippen molar-refractivity contribution in [2.75, 3.05) is 13.7 Å². The fourth-order valence-corrected chi connectivity index (χ4v) is 2.04. The van der Waals surface area contributed by atoms with Gasteiger partial charge in [0.15, 0.2) is 5.89 Å². The summed E-state index contributed by atoms with van der Waals surface area (Å²) in [5, 5.41) is 2.82. The molecule has 5 nitrogen and oxygen atoms in total. The topological polar surface area (TPSA) is 64.4 Å². The molecular formula is C15H18N2O3. The molecule has 20 heavy (non-hydrogen) atoms. The van der Waals surface area contributed by atoms with E-state index in [-0.39, 0.29) is 11.7 Å². The Bertz CT molecular complexity index is 605. The van der Waals surface area contributed by atoms with Gasteiger partial charge in [-0.2, -0.15) is 0 Å². The summed E-state index contributed by atoms with van der Waals surface area (Å²) in [5.74, 6) is 1.37. The second-order valence-corrected chi connectivity index (χ2v) is 4.47. The van der Waals surface area contributed by atoms with Crippen LogP contribution in [0.15, 0.2) is 28.7 Å². The Kier molecular flexibility index (Phi) is 4.40. The summed E-state index contributed by atoms with van der Waals surface area (Å²) in [6.07, 6.45) is 0.696. The van der Waals surface area contributed by atoms with Crippen molar-refractivity contribution in [1.82, 2.24) is 10.3 Å². The van der Waals surface area contributed by atoms with E-state index in [9.17, 15) is 4.79 Å². The Morgan fingerprint density at radius 2 is 2.10 bits per heavy atom.